The third-order valence-electron chi connectivity index (χ3n) is 0.885. The van der Waals surface area contributed by atoms with Crippen LogP contribution < -0.4 is 0 Å². The van der Waals surface area contributed by atoms with Crippen LogP contribution in [0.15, 0.2) is 30.3 Å². The fourth-order valence-electron chi connectivity index (χ4n) is 0.503. The molecule has 6 heteroatoms. The van der Waals surface area contributed by atoms with Gasteiger partial charge in [-0.25, -0.2) is 4.85 Å². The van der Waals surface area contributed by atoms with Crippen LogP contribution in [0.5, 0.6) is 0 Å². The molecule has 0 bridgehead atoms. The zero-order valence-corrected chi connectivity index (χ0v) is 9.42. The molecule has 5 nitrogen and oxygen atoms in total. The molecule has 0 aliphatic rings. The van der Waals surface area contributed by atoms with Crippen molar-refractivity contribution in [2.45, 2.75) is 0 Å². The third kappa shape index (κ3) is 31.5. The van der Waals surface area contributed by atoms with Crippen LogP contribution in [0.3, 0.4) is 0 Å². The summed E-state index contributed by atoms with van der Waals surface area (Å²) in [6, 6.07) is 9.18. The zero-order valence-electron chi connectivity index (χ0n) is 8.32. The van der Waals surface area contributed by atoms with Crippen LogP contribution >= 0.6 is 0 Å². The van der Waals surface area contributed by atoms with Crippen molar-refractivity contribution in [2.75, 3.05) is 0 Å². The summed E-state index contributed by atoms with van der Waals surface area (Å²) in [6.07, 6.45) is 0. The number of nitrogens with zero attached hydrogens (tertiary/aromatic N) is 1. The molecule has 0 aliphatic carbocycles. The van der Waals surface area contributed by atoms with E-state index in [0.717, 1.165) is 0 Å². The summed E-state index contributed by atoms with van der Waals surface area (Å²) in [5.41, 5.74) is 0.701. The van der Waals surface area contributed by atoms with Gasteiger partial charge in [0.25, 0.3) is 27.2 Å². The Morgan fingerprint density at radius 2 is 1.06 bits per heavy atom. The van der Waals surface area contributed by atoms with Crippen molar-refractivity contribution in [2.24, 2.45) is 0 Å². The van der Waals surface area contributed by atoms with Crippen molar-refractivity contribution in [3.63, 3.8) is 0 Å². The summed E-state index contributed by atoms with van der Waals surface area (Å²) in [5, 5.41) is 0. The molecule has 17 heavy (non-hydrogen) atoms. The van der Waals surface area contributed by atoms with Gasteiger partial charge in [0.15, 0.2) is 5.69 Å². The van der Waals surface area contributed by atoms with E-state index in [-0.39, 0.29) is 17.1 Å². The van der Waals surface area contributed by atoms with Crippen LogP contribution in [0.2, 0.25) is 0 Å². The van der Waals surface area contributed by atoms with Crippen molar-refractivity contribution in [1.29, 1.82) is 0 Å². The molecule has 0 spiro atoms. The molecule has 0 aromatic heterocycles. The first kappa shape index (κ1) is 29.4. The average molecular weight is 271 g/mol. The third-order valence-corrected chi connectivity index (χ3v) is 0.885. The second kappa shape index (κ2) is 48.6. The molecule has 0 saturated carbocycles. The van der Waals surface area contributed by atoms with Crippen molar-refractivity contribution in [3.8, 4) is 0 Å². The average Bonchev–Trinajstić information content (AvgIpc) is 2.48. The van der Waals surface area contributed by atoms with E-state index in [1.165, 1.54) is 0 Å². The smallest absolute Gasteiger partial charge is 0.281 e. The standard InChI is InChI=1S/C7H5N.4CO.Fe/c1-8-7-5-3-2-4-6-7;4*1-2;/h2-6H;;;;;. The quantitative estimate of drug-likeness (QED) is 0.513. The molecule has 0 amide bonds. The van der Waals surface area contributed by atoms with Crippen molar-refractivity contribution < 1.29 is 36.2 Å². The predicted molar refractivity (Wildman–Crippen MR) is 55.5 cm³/mol. The second-order valence-electron chi connectivity index (χ2n) is 1.45. The van der Waals surface area contributed by atoms with Crippen molar-refractivity contribution in [1.82, 2.24) is 0 Å². The minimum Gasteiger partial charge on any atom is -0.281 e. The Labute approximate surface area is 111 Å². The Balaban J connectivity index is -0.0000000462. The molecule has 1 aromatic rings. The molecule has 0 saturated heterocycles. The molecule has 86 valence electrons. The molecule has 0 heterocycles. The van der Waals surface area contributed by atoms with Crippen LogP contribution in [0.25, 0.3) is 4.85 Å². The summed E-state index contributed by atoms with van der Waals surface area (Å²) in [7, 11) is 0. The molecule has 0 fully saturated rings. The summed E-state index contributed by atoms with van der Waals surface area (Å²) < 4.78 is 0. The Kier molecular flexibility index (Phi) is 83.9. The zero-order chi connectivity index (χ0) is 13.8. The Morgan fingerprint density at radius 3 is 1.24 bits per heavy atom. The summed E-state index contributed by atoms with van der Waals surface area (Å²) in [6.45, 7) is 24.6. The number of hydrogen-bond acceptors (Lipinski definition) is 4. The van der Waals surface area contributed by atoms with Crippen LogP contribution in [-0.2, 0) is 36.2 Å². The van der Waals surface area contributed by atoms with Crippen LogP contribution in [0.1, 0.15) is 0 Å². The van der Waals surface area contributed by atoms with Crippen molar-refractivity contribution in [3.05, 3.63) is 41.7 Å². The molecule has 0 unspecified atom stereocenters. The number of carbonyl (C=O) groups excluding carboxylic acids is 4. The molecule has 1 aromatic carbocycles. The topological polar surface area (TPSA) is 72.6 Å². The van der Waals surface area contributed by atoms with Gasteiger partial charge in [-0.3, -0.25) is 19.2 Å². The maximum atomic E-state index is 7.50. The molecule has 0 atom stereocenters. The Hall–Kier alpha value is -2.09. The molecule has 8 radical (unpaired) electrons. The maximum absolute atomic E-state index is 7.50. The SMILES string of the molecule is [C-]#[N+]c1ccccc1.[C]=O.[C]=O.[C]=O.[C]=O.[Fe]. The van der Waals surface area contributed by atoms with Gasteiger partial charge in [0.1, 0.15) is 0 Å². The largest absolute Gasteiger partial charge is 0.281 e. The molecule has 1 rings (SSSR count). The van der Waals surface area contributed by atoms with E-state index in [1.54, 1.807) is 12.1 Å². The van der Waals surface area contributed by atoms with E-state index in [4.69, 9.17) is 25.8 Å². The van der Waals surface area contributed by atoms with E-state index in [9.17, 15) is 0 Å². The minimum absolute atomic E-state index is 0. The second-order valence-corrected chi connectivity index (χ2v) is 1.45. The van der Waals surface area contributed by atoms with E-state index in [0.29, 0.717) is 5.69 Å². The first-order valence-corrected chi connectivity index (χ1v) is 3.17. The summed E-state index contributed by atoms with van der Waals surface area (Å²) in [5.74, 6) is 0. The van der Waals surface area contributed by atoms with E-state index in [1.807, 2.05) is 18.2 Å². The fourth-order valence-corrected chi connectivity index (χ4v) is 0.503. The molecule has 0 aliphatic heterocycles. The van der Waals surface area contributed by atoms with Gasteiger partial charge < -0.3 is 0 Å². The normalized spacial score (nSPS) is 4.65. The Bertz CT molecular complexity index is 256. The van der Waals surface area contributed by atoms with Gasteiger partial charge in [-0.05, 0) is 0 Å². The summed E-state index contributed by atoms with van der Waals surface area (Å²) in [4.78, 5) is 33.2. The van der Waals surface area contributed by atoms with Crippen molar-refractivity contribution >= 4 is 32.8 Å². The van der Waals surface area contributed by atoms with Gasteiger partial charge >= 0.3 is 0 Å². The van der Waals surface area contributed by atoms with Gasteiger partial charge in [-0.2, -0.15) is 0 Å². The van der Waals surface area contributed by atoms with Crippen LogP contribution in [0.4, 0.5) is 5.69 Å². The number of hydrogen-bond donors (Lipinski definition) is 0. The monoisotopic (exact) mass is 271 g/mol. The fraction of sp³-hybridized carbons (Fsp3) is 0. The maximum Gasteiger partial charge on any atom is 0.281 e. The van der Waals surface area contributed by atoms with Gasteiger partial charge in [0.05, 0.1) is 6.57 Å². The first-order chi connectivity index (χ1) is 7.93. The van der Waals surface area contributed by atoms with Crippen LogP contribution in [0, 0.1) is 6.57 Å². The van der Waals surface area contributed by atoms with E-state index >= 15 is 0 Å². The van der Waals surface area contributed by atoms with Gasteiger partial charge in [-0.1, -0.05) is 30.3 Å². The molecule has 0 N–H and O–H groups in total. The van der Waals surface area contributed by atoms with Gasteiger partial charge in [0.2, 0.25) is 0 Å². The van der Waals surface area contributed by atoms with Crippen LogP contribution in [-0.4, -0.2) is 27.2 Å². The first-order valence-electron chi connectivity index (χ1n) is 3.17. The number of benzene rings is 1. The van der Waals surface area contributed by atoms with E-state index < -0.39 is 0 Å². The van der Waals surface area contributed by atoms with E-state index in [2.05, 4.69) is 32.0 Å². The molecular weight excluding hydrogens is 266 g/mol. The molecular formula is C11H5FeNO4. The summed E-state index contributed by atoms with van der Waals surface area (Å²) >= 11 is 0. The number of rotatable bonds is 0. The number of para-hydroxylation sites is 1. The Morgan fingerprint density at radius 1 is 0.765 bits per heavy atom. The van der Waals surface area contributed by atoms with Gasteiger partial charge in [-0.15, -0.1) is 0 Å². The van der Waals surface area contributed by atoms with Gasteiger partial charge in [0, 0.05) is 17.1 Å². The predicted octanol–water partition coefficient (Wildman–Crippen LogP) is 0.646. The minimum atomic E-state index is 0.